The predicted octanol–water partition coefficient (Wildman–Crippen LogP) is 1.51. The molecule has 0 saturated carbocycles. The van der Waals surface area contributed by atoms with Crippen molar-refractivity contribution in [3.05, 3.63) is 0 Å². The molecular formula is C9H22NO+. The van der Waals surface area contributed by atoms with Crippen molar-refractivity contribution in [1.29, 1.82) is 0 Å². The van der Waals surface area contributed by atoms with Crippen molar-refractivity contribution in [2.45, 2.75) is 25.8 Å². The van der Waals surface area contributed by atoms with Gasteiger partial charge in [-0.1, -0.05) is 6.92 Å². The third-order valence-electron chi connectivity index (χ3n) is 2.22. The molecule has 0 aromatic heterocycles. The highest BCUT2D eigenvalue weighted by molar-refractivity contribution is 4.53. The van der Waals surface area contributed by atoms with E-state index in [9.17, 15) is 0 Å². The summed E-state index contributed by atoms with van der Waals surface area (Å²) in [6, 6.07) is 0.731. The molecular weight excluding hydrogens is 138 g/mol. The van der Waals surface area contributed by atoms with Gasteiger partial charge in [0, 0.05) is 13.5 Å². The molecule has 0 fully saturated rings. The summed E-state index contributed by atoms with van der Waals surface area (Å²) >= 11 is 0. The van der Waals surface area contributed by atoms with E-state index in [0.717, 1.165) is 23.6 Å². The predicted molar refractivity (Wildman–Crippen MR) is 48.6 cm³/mol. The number of ether oxygens (including phenoxy) is 1. The van der Waals surface area contributed by atoms with Crippen molar-refractivity contribution in [1.82, 2.24) is 0 Å². The van der Waals surface area contributed by atoms with Gasteiger partial charge in [0.25, 0.3) is 0 Å². The molecule has 1 unspecified atom stereocenters. The molecule has 0 saturated heterocycles. The summed E-state index contributed by atoms with van der Waals surface area (Å²) in [6.45, 7) is 3.12. The summed E-state index contributed by atoms with van der Waals surface area (Å²) < 4.78 is 6.10. The molecule has 0 rings (SSSR count). The van der Waals surface area contributed by atoms with Gasteiger partial charge in [0.1, 0.15) is 0 Å². The Bertz CT molecular complexity index is 96.2. The van der Waals surface area contributed by atoms with E-state index >= 15 is 0 Å². The fourth-order valence-electron chi connectivity index (χ4n) is 1.39. The molecule has 0 aromatic carbocycles. The number of quaternary nitrogens is 1. The van der Waals surface area contributed by atoms with Crippen LogP contribution in [0.25, 0.3) is 0 Å². The van der Waals surface area contributed by atoms with E-state index in [4.69, 9.17) is 4.74 Å². The number of rotatable bonds is 5. The summed E-state index contributed by atoms with van der Waals surface area (Å²) in [5.41, 5.74) is 0. The topological polar surface area (TPSA) is 9.23 Å². The van der Waals surface area contributed by atoms with Crippen LogP contribution in [0.5, 0.6) is 0 Å². The maximum absolute atomic E-state index is 5.06. The van der Waals surface area contributed by atoms with Gasteiger partial charge in [-0.25, -0.2) is 0 Å². The average molecular weight is 160 g/mol. The lowest BCUT2D eigenvalue weighted by Gasteiger charge is -2.33. The lowest BCUT2D eigenvalue weighted by molar-refractivity contribution is -0.896. The smallest absolute Gasteiger partial charge is 0.0903 e. The molecule has 0 bridgehead atoms. The van der Waals surface area contributed by atoms with E-state index in [0.29, 0.717) is 0 Å². The summed E-state index contributed by atoms with van der Waals surface area (Å²) in [7, 11) is 8.49. The normalized spacial score (nSPS) is 15.0. The van der Waals surface area contributed by atoms with E-state index in [1.807, 2.05) is 0 Å². The second-order valence-electron chi connectivity index (χ2n) is 3.96. The lowest BCUT2D eigenvalue weighted by Crippen LogP contribution is -2.45. The van der Waals surface area contributed by atoms with E-state index < -0.39 is 0 Å². The van der Waals surface area contributed by atoms with Crippen LogP contribution in [-0.4, -0.2) is 45.4 Å². The third kappa shape index (κ3) is 4.38. The maximum Gasteiger partial charge on any atom is 0.0903 e. The fraction of sp³-hybridized carbons (Fsp3) is 1.00. The minimum atomic E-state index is 0.731. The molecule has 0 aromatic rings. The quantitative estimate of drug-likeness (QED) is 0.554. The second-order valence-corrected chi connectivity index (χ2v) is 3.96. The first-order valence-electron chi connectivity index (χ1n) is 4.32. The van der Waals surface area contributed by atoms with Gasteiger partial charge in [0.15, 0.2) is 0 Å². The van der Waals surface area contributed by atoms with Crippen molar-refractivity contribution >= 4 is 0 Å². The molecule has 1 atom stereocenters. The Labute approximate surface area is 70.7 Å². The van der Waals surface area contributed by atoms with Crippen LogP contribution in [-0.2, 0) is 4.74 Å². The van der Waals surface area contributed by atoms with E-state index in [-0.39, 0.29) is 0 Å². The van der Waals surface area contributed by atoms with Gasteiger partial charge >= 0.3 is 0 Å². The molecule has 68 valence electrons. The van der Waals surface area contributed by atoms with Crippen LogP contribution in [0.3, 0.4) is 0 Å². The molecule has 0 amide bonds. The summed E-state index contributed by atoms with van der Waals surface area (Å²) in [6.07, 6.45) is 2.39. The van der Waals surface area contributed by atoms with Crippen LogP contribution in [0, 0.1) is 0 Å². The van der Waals surface area contributed by atoms with Gasteiger partial charge in [-0.3, -0.25) is 0 Å². The highest BCUT2D eigenvalue weighted by Gasteiger charge is 2.20. The van der Waals surface area contributed by atoms with E-state index in [2.05, 4.69) is 28.1 Å². The van der Waals surface area contributed by atoms with Gasteiger partial charge in [-0.05, 0) is 6.42 Å². The third-order valence-corrected chi connectivity index (χ3v) is 2.22. The summed E-state index contributed by atoms with van der Waals surface area (Å²) in [4.78, 5) is 0. The SMILES string of the molecule is CCC(CCOC)[N+](C)(C)C. The Kier molecular flexibility index (Phi) is 4.69. The Morgan fingerprint density at radius 1 is 1.27 bits per heavy atom. The largest absolute Gasteiger partial charge is 0.384 e. The van der Waals surface area contributed by atoms with Gasteiger partial charge in [0.05, 0.1) is 33.8 Å². The Balaban J connectivity index is 3.76. The van der Waals surface area contributed by atoms with Gasteiger partial charge in [-0.2, -0.15) is 0 Å². The molecule has 2 nitrogen and oxygen atoms in total. The summed E-state index contributed by atoms with van der Waals surface area (Å²) in [5.74, 6) is 0. The highest BCUT2D eigenvalue weighted by atomic mass is 16.5. The maximum atomic E-state index is 5.06. The van der Waals surface area contributed by atoms with Crippen LogP contribution in [0.4, 0.5) is 0 Å². The standard InChI is InChI=1S/C9H22NO/c1-6-9(7-8-11-5)10(2,3)4/h9H,6-8H2,1-5H3/q+1. The van der Waals surface area contributed by atoms with Crippen molar-refractivity contribution in [2.75, 3.05) is 34.9 Å². The highest BCUT2D eigenvalue weighted by Crippen LogP contribution is 2.10. The first kappa shape index (κ1) is 10.9. The van der Waals surface area contributed by atoms with Gasteiger partial charge in [-0.15, -0.1) is 0 Å². The number of methoxy groups -OCH3 is 1. The van der Waals surface area contributed by atoms with Crippen molar-refractivity contribution in [3.63, 3.8) is 0 Å². The Morgan fingerprint density at radius 3 is 2.09 bits per heavy atom. The van der Waals surface area contributed by atoms with Crippen molar-refractivity contribution < 1.29 is 9.22 Å². The zero-order valence-corrected chi connectivity index (χ0v) is 8.55. The van der Waals surface area contributed by atoms with Crippen LogP contribution < -0.4 is 0 Å². The second kappa shape index (κ2) is 4.73. The Morgan fingerprint density at radius 2 is 1.82 bits per heavy atom. The van der Waals surface area contributed by atoms with Crippen LogP contribution in [0.2, 0.25) is 0 Å². The van der Waals surface area contributed by atoms with E-state index in [1.54, 1.807) is 7.11 Å². The molecule has 0 radical (unpaired) electrons. The minimum Gasteiger partial charge on any atom is -0.384 e. The minimum absolute atomic E-state index is 0.731. The molecule has 0 aliphatic heterocycles. The number of hydrogen-bond donors (Lipinski definition) is 0. The molecule has 0 aliphatic carbocycles. The van der Waals surface area contributed by atoms with Crippen molar-refractivity contribution in [2.24, 2.45) is 0 Å². The number of hydrogen-bond acceptors (Lipinski definition) is 1. The molecule has 0 N–H and O–H groups in total. The average Bonchev–Trinajstić information content (AvgIpc) is 1.87. The lowest BCUT2D eigenvalue weighted by atomic mass is 10.1. The molecule has 2 heteroatoms. The van der Waals surface area contributed by atoms with Crippen LogP contribution in [0.15, 0.2) is 0 Å². The Hall–Kier alpha value is -0.0800. The molecule has 0 heterocycles. The van der Waals surface area contributed by atoms with Crippen molar-refractivity contribution in [3.8, 4) is 0 Å². The van der Waals surface area contributed by atoms with Gasteiger partial charge < -0.3 is 9.22 Å². The van der Waals surface area contributed by atoms with Crippen LogP contribution >= 0.6 is 0 Å². The first-order valence-corrected chi connectivity index (χ1v) is 4.32. The zero-order valence-electron chi connectivity index (χ0n) is 8.55. The molecule has 0 aliphatic rings. The van der Waals surface area contributed by atoms with E-state index in [1.165, 1.54) is 6.42 Å². The molecule has 11 heavy (non-hydrogen) atoms. The zero-order chi connectivity index (χ0) is 8.91. The first-order chi connectivity index (χ1) is 5.02. The number of nitrogens with zero attached hydrogens (tertiary/aromatic N) is 1. The van der Waals surface area contributed by atoms with Crippen LogP contribution in [0.1, 0.15) is 19.8 Å². The monoisotopic (exact) mass is 160 g/mol. The summed E-state index contributed by atoms with van der Waals surface area (Å²) in [5, 5.41) is 0. The van der Waals surface area contributed by atoms with Gasteiger partial charge in [0.2, 0.25) is 0 Å². The molecule has 0 spiro atoms. The fourth-order valence-corrected chi connectivity index (χ4v) is 1.39.